The minimum Gasteiger partial charge on any atom is -0.493 e. The average molecular weight is 289 g/mol. The number of nitro benzene ring substituents is 1. The van der Waals surface area contributed by atoms with E-state index in [0.717, 1.165) is 23.4 Å². The van der Waals surface area contributed by atoms with Crippen molar-refractivity contribution in [3.63, 3.8) is 0 Å². The molecule has 0 aromatic heterocycles. The lowest BCUT2D eigenvalue weighted by molar-refractivity contribution is -0.387. The molecule has 0 amide bonds. The van der Waals surface area contributed by atoms with Crippen LogP contribution in [0.25, 0.3) is 0 Å². The lowest BCUT2D eigenvalue weighted by atomic mass is 10.0. The first kappa shape index (κ1) is 13.4. The SMILES string of the molecule is O=[N+]([O-])c1ccc(OCC2COc3ccccc32)cc1F. The minimum absolute atomic E-state index is 0.0689. The summed E-state index contributed by atoms with van der Waals surface area (Å²) >= 11 is 0. The van der Waals surface area contributed by atoms with Gasteiger partial charge in [-0.3, -0.25) is 10.1 Å². The van der Waals surface area contributed by atoms with Gasteiger partial charge in [0, 0.05) is 17.7 Å². The molecular weight excluding hydrogens is 277 g/mol. The van der Waals surface area contributed by atoms with Crippen molar-refractivity contribution in [2.24, 2.45) is 0 Å². The zero-order valence-corrected chi connectivity index (χ0v) is 11.0. The number of benzene rings is 2. The van der Waals surface area contributed by atoms with Crippen LogP contribution in [0.4, 0.5) is 10.1 Å². The largest absolute Gasteiger partial charge is 0.493 e. The van der Waals surface area contributed by atoms with Crippen LogP contribution in [0.15, 0.2) is 42.5 Å². The van der Waals surface area contributed by atoms with Crippen molar-refractivity contribution >= 4 is 5.69 Å². The number of hydrogen-bond acceptors (Lipinski definition) is 4. The Balaban J connectivity index is 1.69. The zero-order valence-electron chi connectivity index (χ0n) is 11.0. The fourth-order valence-corrected chi connectivity index (χ4v) is 2.29. The maximum absolute atomic E-state index is 13.5. The van der Waals surface area contributed by atoms with E-state index < -0.39 is 16.4 Å². The fraction of sp³-hybridized carbons (Fsp3) is 0.200. The van der Waals surface area contributed by atoms with E-state index in [4.69, 9.17) is 9.47 Å². The van der Waals surface area contributed by atoms with Crippen LogP contribution in [-0.2, 0) is 0 Å². The molecule has 1 heterocycles. The molecule has 108 valence electrons. The number of ether oxygens (including phenoxy) is 2. The Hall–Kier alpha value is -2.63. The first-order valence-electron chi connectivity index (χ1n) is 6.43. The molecule has 0 bridgehead atoms. The van der Waals surface area contributed by atoms with Gasteiger partial charge in [0.2, 0.25) is 5.82 Å². The Morgan fingerprint density at radius 1 is 1.33 bits per heavy atom. The van der Waals surface area contributed by atoms with Gasteiger partial charge < -0.3 is 9.47 Å². The highest BCUT2D eigenvalue weighted by atomic mass is 19.1. The summed E-state index contributed by atoms with van der Waals surface area (Å²) in [4.78, 5) is 9.78. The molecule has 0 aliphatic carbocycles. The van der Waals surface area contributed by atoms with Gasteiger partial charge in [0.15, 0.2) is 0 Å². The Bertz CT molecular complexity index is 689. The van der Waals surface area contributed by atoms with Crippen molar-refractivity contribution in [3.8, 4) is 11.5 Å². The Morgan fingerprint density at radius 2 is 2.14 bits per heavy atom. The van der Waals surface area contributed by atoms with E-state index in [1.54, 1.807) is 0 Å². The topological polar surface area (TPSA) is 61.6 Å². The lowest BCUT2D eigenvalue weighted by Crippen LogP contribution is -2.11. The van der Waals surface area contributed by atoms with Crippen molar-refractivity contribution in [3.05, 3.63) is 64.0 Å². The molecule has 0 spiro atoms. The van der Waals surface area contributed by atoms with Crippen LogP contribution in [0.1, 0.15) is 11.5 Å². The summed E-state index contributed by atoms with van der Waals surface area (Å²) in [5, 5.41) is 10.5. The summed E-state index contributed by atoms with van der Waals surface area (Å²) in [6, 6.07) is 11.2. The Kier molecular flexibility index (Phi) is 3.43. The van der Waals surface area contributed by atoms with Crippen molar-refractivity contribution in [2.45, 2.75) is 5.92 Å². The number of halogens is 1. The lowest BCUT2D eigenvalue weighted by Gasteiger charge is -2.11. The van der Waals surface area contributed by atoms with Gasteiger partial charge in [-0.1, -0.05) is 18.2 Å². The first-order valence-corrected chi connectivity index (χ1v) is 6.43. The molecule has 6 heteroatoms. The van der Waals surface area contributed by atoms with Crippen molar-refractivity contribution in [2.75, 3.05) is 13.2 Å². The van der Waals surface area contributed by atoms with Crippen LogP contribution < -0.4 is 9.47 Å². The van der Waals surface area contributed by atoms with E-state index in [1.807, 2.05) is 24.3 Å². The molecule has 21 heavy (non-hydrogen) atoms. The van der Waals surface area contributed by atoms with Gasteiger partial charge in [0.05, 0.1) is 24.1 Å². The van der Waals surface area contributed by atoms with Crippen molar-refractivity contribution < 1.29 is 18.8 Å². The van der Waals surface area contributed by atoms with Gasteiger partial charge in [-0.15, -0.1) is 0 Å². The number of nitrogens with zero attached hydrogens (tertiary/aromatic N) is 1. The standard InChI is InChI=1S/C15H12FNO4/c16-13-7-11(5-6-14(13)17(18)19)20-8-10-9-21-15-4-2-1-3-12(10)15/h1-7,10H,8-9H2. The van der Waals surface area contributed by atoms with E-state index in [-0.39, 0.29) is 11.7 Å². The summed E-state index contributed by atoms with van der Waals surface area (Å²) in [5.41, 5.74) is 0.497. The van der Waals surface area contributed by atoms with Gasteiger partial charge in [0.1, 0.15) is 11.5 Å². The van der Waals surface area contributed by atoms with Crippen LogP contribution in [0, 0.1) is 15.9 Å². The zero-order chi connectivity index (χ0) is 14.8. The van der Waals surface area contributed by atoms with E-state index in [0.29, 0.717) is 13.2 Å². The van der Waals surface area contributed by atoms with Gasteiger partial charge in [0.25, 0.3) is 0 Å². The molecule has 0 radical (unpaired) electrons. The van der Waals surface area contributed by atoms with Gasteiger partial charge in [-0.05, 0) is 12.1 Å². The second kappa shape index (κ2) is 5.40. The molecule has 0 fully saturated rings. The van der Waals surface area contributed by atoms with E-state index in [1.165, 1.54) is 6.07 Å². The second-order valence-corrected chi connectivity index (χ2v) is 4.73. The number of para-hydroxylation sites is 1. The highest BCUT2D eigenvalue weighted by Gasteiger charge is 2.24. The van der Waals surface area contributed by atoms with Crippen LogP contribution in [0.3, 0.4) is 0 Å². The predicted molar refractivity (Wildman–Crippen MR) is 73.2 cm³/mol. The Morgan fingerprint density at radius 3 is 2.90 bits per heavy atom. The second-order valence-electron chi connectivity index (χ2n) is 4.73. The first-order chi connectivity index (χ1) is 10.1. The number of rotatable bonds is 4. The maximum Gasteiger partial charge on any atom is 0.305 e. The van der Waals surface area contributed by atoms with E-state index in [2.05, 4.69) is 0 Å². The van der Waals surface area contributed by atoms with Gasteiger partial charge in [-0.25, -0.2) is 0 Å². The number of hydrogen-bond donors (Lipinski definition) is 0. The molecule has 2 aromatic rings. The van der Waals surface area contributed by atoms with Crippen LogP contribution in [0.5, 0.6) is 11.5 Å². The quantitative estimate of drug-likeness (QED) is 0.640. The smallest absolute Gasteiger partial charge is 0.305 e. The minimum atomic E-state index is -0.902. The summed E-state index contributed by atoms with van der Waals surface area (Å²) in [5.74, 6) is 0.267. The third-order valence-electron chi connectivity index (χ3n) is 3.37. The highest BCUT2D eigenvalue weighted by Crippen LogP contribution is 2.34. The Labute approximate surface area is 120 Å². The molecular formula is C15H12FNO4. The molecule has 1 aliphatic rings. The van der Waals surface area contributed by atoms with Crippen LogP contribution >= 0.6 is 0 Å². The molecule has 0 saturated carbocycles. The summed E-state index contributed by atoms with van der Waals surface area (Å²) in [6.45, 7) is 0.836. The molecule has 0 N–H and O–H groups in total. The summed E-state index contributed by atoms with van der Waals surface area (Å²) < 4.78 is 24.5. The van der Waals surface area contributed by atoms with E-state index >= 15 is 0 Å². The normalized spacial score (nSPS) is 16.1. The molecule has 0 saturated heterocycles. The van der Waals surface area contributed by atoms with Crippen LogP contribution in [-0.4, -0.2) is 18.1 Å². The third-order valence-corrected chi connectivity index (χ3v) is 3.37. The van der Waals surface area contributed by atoms with Gasteiger partial charge >= 0.3 is 5.69 Å². The molecule has 1 atom stereocenters. The molecule has 5 nitrogen and oxygen atoms in total. The third kappa shape index (κ3) is 2.65. The molecule has 2 aromatic carbocycles. The number of nitro groups is 1. The van der Waals surface area contributed by atoms with Crippen LogP contribution in [0.2, 0.25) is 0 Å². The fourth-order valence-electron chi connectivity index (χ4n) is 2.29. The molecule has 3 rings (SSSR count). The van der Waals surface area contributed by atoms with Gasteiger partial charge in [-0.2, -0.15) is 4.39 Å². The number of fused-ring (bicyclic) bond motifs is 1. The molecule has 1 aliphatic heterocycles. The summed E-state index contributed by atoms with van der Waals surface area (Å²) in [6.07, 6.45) is 0. The van der Waals surface area contributed by atoms with Crippen molar-refractivity contribution in [1.82, 2.24) is 0 Å². The maximum atomic E-state index is 13.5. The predicted octanol–water partition coefficient (Wildman–Crippen LogP) is 3.29. The average Bonchev–Trinajstić information content (AvgIpc) is 2.88. The monoisotopic (exact) mass is 289 g/mol. The molecule has 1 unspecified atom stereocenters. The van der Waals surface area contributed by atoms with E-state index in [9.17, 15) is 14.5 Å². The summed E-state index contributed by atoms with van der Waals surface area (Å²) in [7, 11) is 0. The highest BCUT2D eigenvalue weighted by molar-refractivity contribution is 5.40. The van der Waals surface area contributed by atoms with Crippen molar-refractivity contribution in [1.29, 1.82) is 0 Å².